The van der Waals surface area contributed by atoms with Crippen LogP contribution in [0.25, 0.3) is 0 Å². The molecule has 0 aliphatic carbocycles. The van der Waals surface area contributed by atoms with Crippen molar-refractivity contribution in [2.24, 2.45) is 0 Å². The zero-order valence-electron chi connectivity index (χ0n) is 15.5. The van der Waals surface area contributed by atoms with E-state index < -0.39 is 18.1 Å². The van der Waals surface area contributed by atoms with Gasteiger partial charge in [0.25, 0.3) is 0 Å². The van der Waals surface area contributed by atoms with Crippen LogP contribution in [0.4, 0.5) is 13.2 Å². The number of carboxylic acids is 2. The Balaban J connectivity index is 0.000000516. The first-order valence-corrected chi connectivity index (χ1v) is 8.67. The van der Waals surface area contributed by atoms with Gasteiger partial charge in [0.2, 0.25) is 0 Å². The Morgan fingerprint density at radius 2 is 1.48 bits per heavy atom. The maximum atomic E-state index is 10.6. The van der Waals surface area contributed by atoms with Crippen molar-refractivity contribution in [2.75, 3.05) is 13.1 Å². The van der Waals surface area contributed by atoms with Crippen molar-refractivity contribution in [3.05, 3.63) is 65.7 Å². The van der Waals surface area contributed by atoms with Crippen LogP contribution < -0.4 is 10.1 Å². The summed E-state index contributed by atoms with van der Waals surface area (Å²) in [7, 11) is 0. The molecule has 0 atom stereocenters. The Labute approximate surface area is 165 Å². The van der Waals surface area contributed by atoms with Crippen LogP contribution in [0.5, 0.6) is 5.75 Å². The average Bonchev–Trinajstić information content (AvgIpc) is 2.67. The van der Waals surface area contributed by atoms with E-state index in [1.165, 1.54) is 5.56 Å². The fourth-order valence-corrected chi connectivity index (χ4v) is 2.05. The lowest BCUT2D eigenvalue weighted by Gasteiger charge is -2.08. The van der Waals surface area contributed by atoms with Crippen molar-refractivity contribution < 1.29 is 37.7 Å². The van der Waals surface area contributed by atoms with Crippen molar-refractivity contribution in [1.29, 1.82) is 0 Å². The first kappa shape index (κ1) is 24.0. The first-order valence-electron chi connectivity index (χ1n) is 8.67. The minimum atomic E-state index is -5.08. The lowest BCUT2D eigenvalue weighted by atomic mass is 10.1. The number of aliphatic carboxylic acids is 2. The molecule has 9 heteroatoms. The molecule has 0 radical (unpaired) electrons. The number of carbonyl (C=O) groups is 2. The SMILES string of the molecule is O=C(O)C(F)(F)F.O=C(O)CCNCCc1ccc(OCc2ccccc2)cc1. The highest BCUT2D eigenvalue weighted by Crippen LogP contribution is 2.14. The quantitative estimate of drug-likeness (QED) is 0.545. The Morgan fingerprint density at radius 3 is 2.00 bits per heavy atom. The number of nitrogens with one attached hydrogen (secondary N) is 1. The fraction of sp³-hybridized carbons (Fsp3) is 0.300. The number of rotatable bonds is 9. The molecule has 2 aromatic rings. The Kier molecular flexibility index (Phi) is 10.2. The summed E-state index contributed by atoms with van der Waals surface area (Å²) in [5.41, 5.74) is 2.35. The van der Waals surface area contributed by atoms with Crippen molar-refractivity contribution in [1.82, 2.24) is 5.32 Å². The fourth-order valence-electron chi connectivity index (χ4n) is 2.05. The standard InChI is InChI=1S/C18H21NO3.C2HF3O2/c20-18(21)11-13-19-12-10-15-6-8-17(9-7-15)22-14-16-4-2-1-3-5-16;3-2(4,5)1(6)7/h1-9,19H,10-14H2,(H,20,21);(H,6,7). The zero-order chi connectivity index (χ0) is 21.7. The second kappa shape index (κ2) is 12.4. The van der Waals surface area contributed by atoms with Gasteiger partial charge in [-0.15, -0.1) is 0 Å². The monoisotopic (exact) mass is 413 g/mol. The molecule has 0 aromatic heterocycles. The summed E-state index contributed by atoms with van der Waals surface area (Å²) in [5, 5.41) is 18.8. The Morgan fingerprint density at radius 1 is 0.897 bits per heavy atom. The van der Waals surface area contributed by atoms with E-state index in [4.69, 9.17) is 19.7 Å². The van der Waals surface area contributed by atoms with Crippen LogP contribution in [-0.4, -0.2) is 41.4 Å². The molecule has 158 valence electrons. The van der Waals surface area contributed by atoms with Gasteiger partial charge in [-0.3, -0.25) is 4.79 Å². The first-order chi connectivity index (χ1) is 13.7. The molecule has 0 aliphatic rings. The van der Waals surface area contributed by atoms with Gasteiger partial charge >= 0.3 is 18.1 Å². The molecule has 6 nitrogen and oxygen atoms in total. The molecule has 29 heavy (non-hydrogen) atoms. The third-order valence-corrected chi connectivity index (χ3v) is 3.52. The summed E-state index contributed by atoms with van der Waals surface area (Å²) in [6.07, 6.45) is -4.05. The number of hydrogen-bond donors (Lipinski definition) is 3. The van der Waals surface area contributed by atoms with E-state index in [0.717, 1.165) is 24.3 Å². The molecule has 2 rings (SSSR count). The number of ether oxygens (including phenoxy) is 1. The second-order valence-electron chi connectivity index (χ2n) is 5.86. The van der Waals surface area contributed by atoms with Gasteiger partial charge in [-0.05, 0) is 36.2 Å². The molecule has 0 fully saturated rings. The average molecular weight is 413 g/mol. The van der Waals surface area contributed by atoms with Crippen molar-refractivity contribution in [2.45, 2.75) is 25.6 Å². The van der Waals surface area contributed by atoms with Crippen LogP contribution in [0.2, 0.25) is 0 Å². The third-order valence-electron chi connectivity index (χ3n) is 3.52. The van der Waals surface area contributed by atoms with Crippen LogP contribution in [-0.2, 0) is 22.6 Å². The van der Waals surface area contributed by atoms with Crippen LogP contribution in [0, 0.1) is 0 Å². The maximum Gasteiger partial charge on any atom is 0.490 e. The van der Waals surface area contributed by atoms with Gasteiger partial charge < -0.3 is 20.3 Å². The van der Waals surface area contributed by atoms with Gasteiger partial charge in [0.15, 0.2) is 0 Å². The largest absolute Gasteiger partial charge is 0.490 e. The lowest BCUT2D eigenvalue weighted by Crippen LogP contribution is -2.21. The van der Waals surface area contributed by atoms with Gasteiger partial charge in [0.05, 0.1) is 6.42 Å². The van der Waals surface area contributed by atoms with Crippen LogP contribution >= 0.6 is 0 Å². The van der Waals surface area contributed by atoms with E-state index >= 15 is 0 Å². The van der Waals surface area contributed by atoms with Gasteiger partial charge in [-0.1, -0.05) is 42.5 Å². The Hall–Kier alpha value is -3.07. The third kappa shape index (κ3) is 11.4. The summed E-state index contributed by atoms with van der Waals surface area (Å²) < 4.78 is 37.5. The zero-order valence-corrected chi connectivity index (χ0v) is 15.5. The van der Waals surface area contributed by atoms with E-state index in [2.05, 4.69) is 5.32 Å². The molecule has 0 aliphatic heterocycles. The molecule has 0 spiro atoms. The summed E-state index contributed by atoms with van der Waals surface area (Å²) in [6, 6.07) is 18.1. The molecular formula is C20H22F3NO5. The minimum Gasteiger partial charge on any atom is -0.489 e. The molecule has 2 aromatic carbocycles. The van der Waals surface area contributed by atoms with Gasteiger partial charge in [0.1, 0.15) is 12.4 Å². The molecule has 0 heterocycles. The van der Waals surface area contributed by atoms with E-state index in [-0.39, 0.29) is 6.42 Å². The van der Waals surface area contributed by atoms with Gasteiger partial charge in [-0.25, -0.2) is 4.79 Å². The highest BCUT2D eigenvalue weighted by atomic mass is 19.4. The van der Waals surface area contributed by atoms with E-state index in [1.54, 1.807) is 0 Å². The molecule has 0 amide bonds. The molecule has 3 N–H and O–H groups in total. The van der Waals surface area contributed by atoms with Crippen LogP contribution in [0.1, 0.15) is 17.5 Å². The van der Waals surface area contributed by atoms with Gasteiger partial charge in [0, 0.05) is 6.54 Å². The summed E-state index contributed by atoms with van der Waals surface area (Å²) in [6.45, 7) is 1.85. The highest BCUT2D eigenvalue weighted by molar-refractivity contribution is 5.73. The number of halogens is 3. The van der Waals surface area contributed by atoms with Crippen molar-refractivity contribution in [3.8, 4) is 5.75 Å². The van der Waals surface area contributed by atoms with Crippen LogP contribution in [0.3, 0.4) is 0 Å². The van der Waals surface area contributed by atoms with Crippen molar-refractivity contribution >= 4 is 11.9 Å². The minimum absolute atomic E-state index is 0.159. The molecule has 0 bridgehead atoms. The highest BCUT2D eigenvalue weighted by Gasteiger charge is 2.38. The normalized spacial score (nSPS) is 10.6. The molecule has 0 saturated carbocycles. The summed E-state index contributed by atoms with van der Waals surface area (Å²) >= 11 is 0. The molecule has 0 unspecified atom stereocenters. The van der Waals surface area contributed by atoms with E-state index in [9.17, 15) is 18.0 Å². The van der Waals surface area contributed by atoms with Crippen molar-refractivity contribution in [3.63, 3.8) is 0 Å². The number of benzene rings is 2. The topological polar surface area (TPSA) is 95.9 Å². The van der Waals surface area contributed by atoms with Crippen LogP contribution in [0.15, 0.2) is 54.6 Å². The summed E-state index contributed by atoms with van der Waals surface area (Å²) in [5.74, 6) is -2.67. The summed E-state index contributed by atoms with van der Waals surface area (Å²) in [4.78, 5) is 19.3. The van der Waals surface area contributed by atoms with E-state index in [1.807, 2.05) is 54.6 Å². The second-order valence-corrected chi connectivity index (χ2v) is 5.86. The lowest BCUT2D eigenvalue weighted by molar-refractivity contribution is -0.192. The smallest absolute Gasteiger partial charge is 0.489 e. The van der Waals surface area contributed by atoms with E-state index in [0.29, 0.717) is 13.2 Å². The number of carboxylic acid groups (broad SMARTS) is 2. The number of hydrogen-bond acceptors (Lipinski definition) is 4. The van der Waals surface area contributed by atoms with Gasteiger partial charge in [-0.2, -0.15) is 13.2 Å². The molecular weight excluding hydrogens is 391 g/mol. The molecule has 0 saturated heterocycles. The predicted octanol–water partition coefficient (Wildman–Crippen LogP) is 3.51. The number of alkyl halides is 3. The Bertz CT molecular complexity index is 749. The predicted molar refractivity (Wildman–Crippen MR) is 99.7 cm³/mol. The maximum absolute atomic E-state index is 10.6.